The fourth-order valence-electron chi connectivity index (χ4n) is 1.48. The van der Waals surface area contributed by atoms with Crippen molar-refractivity contribution in [3.05, 3.63) is 28.2 Å². The molecule has 1 aromatic carbocycles. The SMILES string of the molecule is CC1(O)C(=O)Nc2cccc(Br)c21. The van der Waals surface area contributed by atoms with Crippen LogP contribution in [0.25, 0.3) is 0 Å². The predicted octanol–water partition coefficient (Wildman–Crippen LogP) is 1.61. The van der Waals surface area contributed by atoms with Crippen LogP contribution in [0, 0.1) is 0 Å². The lowest BCUT2D eigenvalue weighted by Crippen LogP contribution is -2.30. The summed E-state index contributed by atoms with van der Waals surface area (Å²) in [6.45, 7) is 1.49. The molecule has 0 spiro atoms. The molecule has 0 bridgehead atoms. The third kappa shape index (κ3) is 1.09. The van der Waals surface area contributed by atoms with Crippen molar-refractivity contribution in [2.75, 3.05) is 5.32 Å². The van der Waals surface area contributed by atoms with Crippen LogP contribution in [0.15, 0.2) is 22.7 Å². The summed E-state index contributed by atoms with van der Waals surface area (Å²) < 4.78 is 0.744. The molecule has 2 rings (SSSR count). The van der Waals surface area contributed by atoms with E-state index in [1.807, 2.05) is 6.07 Å². The Kier molecular flexibility index (Phi) is 1.72. The fraction of sp³-hybridized carbons (Fsp3) is 0.222. The molecule has 0 saturated heterocycles. The Balaban J connectivity index is 2.70. The van der Waals surface area contributed by atoms with E-state index in [1.54, 1.807) is 12.1 Å². The number of fused-ring (bicyclic) bond motifs is 1. The van der Waals surface area contributed by atoms with Crippen LogP contribution in [0.5, 0.6) is 0 Å². The first-order chi connectivity index (χ1) is 6.03. The largest absolute Gasteiger partial charge is 0.375 e. The number of nitrogens with one attached hydrogen (secondary N) is 1. The van der Waals surface area contributed by atoms with E-state index in [9.17, 15) is 9.90 Å². The van der Waals surface area contributed by atoms with E-state index in [4.69, 9.17) is 0 Å². The third-order valence-corrected chi connectivity index (χ3v) is 2.85. The number of hydrogen-bond donors (Lipinski definition) is 2. The van der Waals surface area contributed by atoms with Crippen molar-refractivity contribution in [2.24, 2.45) is 0 Å². The van der Waals surface area contributed by atoms with Gasteiger partial charge in [0.15, 0.2) is 5.60 Å². The van der Waals surface area contributed by atoms with Gasteiger partial charge in [0.05, 0.1) is 0 Å². The Morgan fingerprint density at radius 1 is 1.54 bits per heavy atom. The summed E-state index contributed by atoms with van der Waals surface area (Å²) in [6.07, 6.45) is 0. The van der Waals surface area contributed by atoms with E-state index in [0.717, 1.165) is 4.47 Å². The van der Waals surface area contributed by atoms with Gasteiger partial charge in [-0.25, -0.2) is 0 Å². The van der Waals surface area contributed by atoms with E-state index in [1.165, 1.54) is 6.92 Å². The molecular formula is C9H8BrNO2. The molecule has 0 fully saturated rings. The van der Waals surface area contributed by atoms with Gasteiger partial charge in [-0.2, -0.15) is 0 Å². The summed E-state index contributed by atoms with van der Waals surface area (Å²) in [5, 5.41) is 12.5. The summed E-state index contributed by atoms with van der Waals surface area (Å²) in [5.74, 6) is -0.380. The molecule has 1 aliphatic heterocycles. The van der Waals surface area contributed by atoms with E-state index in [-0.39, 0.29) is 5.91 Å². The molecule has 1 amide bonds. The molecule has 1 atom stereocenters. The van der Waals surface area contributed by atoms with Crippen molar-refractivity contribution in [3.63, 3.8) is 0 Å². The average Bonchev–Trinajstić information content (AvgIpc) is 2.24. The normalized spacial score (nSPS) is 25.6. The smallest absolute Gasteiger partial charge is 0.260 e. The first-order valence-corrected chi connectivity index (χ1v) is 4.65. The van der Waals surface area contributed by atoms with Crippen molar-refractivity contribution >= 4 is 27.5 Å². The van der Waals surface area contributed by atoms with Gasteiger partial charge in [-0.1, -0.05) is 22.0 Å². The maximum atomic E-state index is 11.3. The number of rotatable bonds is 0. The number of amides is 1. The lowest BCUT2D eigenvalue weighted by atomic mass is 9.98. The van der Waals surface area contributed by atoms with Gasteiger partial charge in [-0.05, 0) is 19.1 Å². The zero-order chi connectivity index (χ0) is 9.64. The fourth-order valence-corrected chi connectivity index (χ4v) is 2.23. The number of aliphatic hydroxyl groups is 1. The Labute approximate surface area is 83.9 Å². The Morgan fingerprint density at radius 2 is 2.23 bits per heavy atom. The van der Waals surface area contributed by atoms with Crippen LogP contribution in [0.2, 0.25) is 0 Å². The van der Waals surface area contributed by atoms with Crippen molar-refractivity contribution in [1.82, 2.24) is 0 Å². The van der Waals surface area contributed by atoms with Crippen molar-refractivity contribution < 1.29 is 9.90 Å². The second kappa shape index (κ2) is 2.56. The second-order valence-corrected chi connectivity index (χ2v) is 4.04. The minimum Gasteiger partial charge on any atom is -0.375 e. The van der Waals surface area contributed by atoms with E-state index in [2.05, 4.69) is 21.2 Å². The molecule has 2 N–H and O–H groups in total. The molecule has 0 aromatic heterocycles. The highest BCUT2D eigenvalue weighted by molar-refractivity contribution is 9.10. The molecule has 1 unspecified atom stereocenters. The molecule has 1 aliphatic rings. The lowest BCUT2D eigenvalue weighted by molar-refractivity contribution is -0.131. The van der Waals surface area contributed by atoms with Crippen LogP contribution in [0.3, 0.4) is 0 Å². The van der Waals surface area contributed by atoms with Crippen molar-refractivity contribution in [3.8, 4) is 0 Å². The number of halogens is 1. The van der Waals surface area contributed by atoms with Gasteiger partial charge in [0, 0.05) is 15.7 Å². The standard InChI is InChI=1S/C9H8BrNO2/c1-9(13)7-5(10)3-2-4-6(7)11-8(9)12/h2-4,13H,1H3,(H,11,12). The Morgan fingerprint density at radius 3 is 2.85 bits per heavy atom. The van der Waals surface area contributed by atoms with Gasteiger partial charge in [-0.3, -0.25) is 4.79 Å². The highest BCUT2D eigenvalue weighted by Crippen LogP contribution is 2.40. The summed E-state index contributed by atoms with van der Waals surface area (Å²) in [5.41, 5.74) is -0.139. The van der Waals surface area contributed by atoms with Crippen LogP contribution in [0.4, 0.5) is 5.69 Å². The number of hydrogen-bond acceptors (Lipinski definition) is 2. The number of benzene rings is 1. The van der Waals surface area contributed by atoms with Gasteiger partial charge >= 0.3 is 0 Å². The maximum Gasteiger partial charge on any atom is 0.260 e. The summed E-state index contributed by atoms with van der Waals surface area (Å²) in [7, 11) is 0. The first kappa shape index (κ1) is 8.72. The van der Waals surface area contributed by atoms with Gasteiger partial charge in [0.1, 0.15) is 0 Å². The van der Waals surface area contributed by atoms with Gasteiger partial charge in [-0.15, -0.1) is 0 Å². The molecule has 68 valence electrons. The Bertz CT molecular complexity index is 387. The summed E-state index contributed by atoms with van der Waals surface area (Å²) in [4.78, 5) is 11.3. The van der Waals surface area contributed by atoms with Crippen LogP contribution in [0.1, 0.15) is 12.5 Å². The monoisotopic (exact) mass is 241 g/mol. The highest BCUT2D eigenvalue weighted by Gasteiger charge is 2.42. The number of carbonyl (C=O) groups is 1. The second-order valence-electron chi connectivity index (χ2n) is 3.19. The number of carbonyl (C=O) groups excluding carboxylic acids is 1. The third-order valence-electron chi connectivity index (χ3n) is 2.19. The van der Waals surface area contributed by atoms with Crippen molar-refractivity contribution in [2.45, 2.75) is 12.5 Å². The molecule has 3 nitrogen and oxygen atoms in total. The van der Waals surface area contributed by atoms with E-state index < -0.39 is 5.60 Å². The summed E-state index contributed by atoms with van der Waals surface area (Å²) in [6, 6.07) is 5.37. The molecule has 13 heavy (non-hydrogen) atoms. The molecule has 0 saturated carbocycles. The molecule has 0 aliphatic carbocycles. The highest BCUT2D eigenvalue weighted by atomic mass is 79.9. The Hall–Kier alpha value is -0.870. The quantitative estimate of drug-likeness (QED) is 0.726. The zero-order valence-corrected chi connectivity index (χ0v) is 8.55. The maximum absolute atomic E-state index is 11.3. The lowest BCUT2D eigenvalue weighted by Gasteiger charge is -2.14. The topological polar surface area (TPSA) is 49.3 Å². The van der Waals surface area contributed by atoms with Crippen LogP contribution < -0.4 is 5.32 Å². The molecule has 4 heteroatoms. The minimum absolute atomic E-state index is 0.380. The van der Waals surface area contributed by atoms with Gasteiger partial charge < -0.3 is 10.4 Å². The van der Waals surface area contributed by atoms with Crippen molar-refractivity contribution in [1.29, 1.82) is 0 Å². The zero-order valence-electron chi connectivity index (χ0n) is 6.97. The predicted molar refractivity (Wildman–Crippen MR) is 52.3 cm³/mol. The van der Waals surface area contributed by atoms with E-state index >= 15 is 0 Å². The average molecular weight is 242 g/mol. The molecule has 1 aromatic rings. The molecule has 0 radical (unpaired) electrons. The van der Waals surface area contributed by atoms with Crippen LogP contribution >= 0.6 is 15.9 Å². The molecule has 1 heterocycles. The van der Waals surface area contributed by atoms with Crippen LogP contribution in [-0.4, -0.2) is 11.0 Å². The van der Waals surface area contributed by atoms with E-state index in [0.29, 0.717) is 11.3 Å². The summed E-state index contributed by atoms with van der Waals surface area (Å²) >= 11 is 3.30. The first-order valence-electron chi connectivity index (χ1n) is 3.86. The molecular weight excluding hydrogens is 234 g/mol. The van der Waals surface area contributed by atoms with Crippen LogP contribution in [-0.2, 0) is 10.4 Å². The van der Waals surface area contributed by atoms with Gasteiger partial charge in [0.2, 0.25) is 0 Å². The number of anilines is 1. The minimum atomic E-state index is -1.42. The van der Waals surface area contributed by atoms with Gasteiger partial charge in [0.25, 0.3) is 5.91 Å².